The minimum atomic E-state index is -0.801. The van der Waals surface area contributed by atoms with Crippen molar-refractivity contribution in [3.8, 4) is 23.3 Å². The van der Waals surface area contributed by atoms with Gasteiger partial charge in [0.25, 0.3) is 0 Å². The van der Waals surface area contributed by atoms with Gasteiger partial charge in [-0.05, 0) is 85.1 Å². The van der Waals surface area contributed by atoms with Crippen LogP contribution in [0.4, 0.5) is 0 Å². The highest BCUT2D eigenvalue weighted by Crippen LogP contribution is 2.27. The number of carbonyl (C=O) groups excluding carboxylic acids is 4. The Labute approximate surface area is 265 Å². The van der Waals surface area contributed by atoms with Crippen molar-refractivity contribution in [1.82, 2.24) is 0 Å². The van der Waals surface area contributed by atoms with E-state index in [0.717, 1.165) is 11.6 Å². The molecule has 46 heavy (non-hydrogen) atoms. The highest BCUT2D eigenvalue weighted by Gasteiger charge is 2.21. The molecule has 0 aromatic heterocycles. The summed E-state index contributed by atoms with van der Waals surface area (Å²) in [6, 6.07) is 27.1. The molecular formula is C36H29NO9. The van der Waals surface area contributed by atoms with Gasteiger partial charge in [-0.2, -0.15) is 5.26 Å². The van der Waals surface area contributed by atoms with E-state index in [1.165, 1.54) is 54.6 Å². The summed E-state index contributed by atoms with van der Waals surface area (Å²) in [5.41, 5.74) is 1.38. The number of carbonyl (C=O) groups is 4. The Hall–Kier alpha value is -6.21. The molecule has 0 saturated heterocycles. The van der Waals surface area contributed by atoms with Crippen LogP contribution >= 0.6 is 0 Å². The predicted octanol–water partition coefficient (Wildman–Crippen LogP) is 6.24. The van der Waals surface area contributed by atoms with E-state index in [-0.39, 0.29) is 41.4 Å². The van der Waals surface area contributed by atoms with E-state index in [1.807, 2.05) is 12.1 Å². The van der Waals surface area contributed by atoms with Crippen molar-refractivity contribution >= 4 is 23.9 Å². The molecule has 4 aromatic carbocycles. The van der Waals surface area contributed by atoms with Crippen LogP contribution in [0.5, 0.6) is 17.2 Å². The third kappa shape index (κ3) is 9.65. The van der Waals surface area contributed by atoms with Crippen LogP contribution < -0.4 is 14.2 Å². The minimum absolute atomic E-state index is 0.0207. The maximum Gasteiger partial charge on any atom is 0.343 e. The predicted molar refractivity (Wildman–Crippen MR) is 165 cm³/mol. The van der Waals surface area contributed by atoms with Gasteiger partial charge in [0.05, 0.1) is 36.0 Å². The van der Waals surface area contributed by atoms with E-state index in [0.29, 0.717) is 30.8 Å². The molecule has 0 spiro atoms. The molecule has 0 N–H and O–H groups in total. The van der Waals surface area contributed by atoms with Crippen LogP contribution in [-0.4, -0.2) is 37.1 Å². The van der Waals surface area contributed by atoms with Crippen molar-refractivity contribution in [3.05, 3.63) is 138 Å². The zero-order valence-electron chi connectivity index (χ0n) is 24.7. The molecule has 0 aliphatic carbocycles. The molecule has 4 rings (SSSR count). The third-order valence-corrected chi connectivity index (χ3v) is 6.36. The van der Waals surface area contributed by atoms with Gasteiger partial charge in [0.2, 0.25) is 0 Å². The lowest BCUT2D eigenvalue weighted by atomic mass is 10.1. The molecule has 0 aliphatic heterocycles. The first-order valence-electron chi connectivity index (χ1n) is 14.2. The van der Waals surface area contributed by atoms with E-state index >= 15 is 0 Å². The van der Waals surface area contributed by atoms with Crippen molar-refractivity contribution in [3.63, 3.8) is 0 Å². The van der Waals surface area contributed by atoms with Gasteiger partial charge in [0.1, 0.15) is 29.4 Å². The molecule has 10 nitrogen and oxygen atoms in total. The van der Waals surface area contributed by atoms with Crippen LogP contribution in [0.1, 0.15) is 55.0 Å². The molecule has 4 aromatic rings. The summed E-state index contributed by atoms with van der Waals surface area (Å²) in [5.74, 6) is -2.27. The number of nitrogens with zero attached hydrogens (tertiary/aromatic N) is 1. The fraction of sp³-hybridized carbons (Fsp3) is 0.139. The molecule has 0 atom stereocenters. The zero-order chi connectivity index (χ0) is 32.7. The summed E-state index contributed by atoms with van der Waals surface area (Å²) >= 11 is 0. The molecule has 0 saturated carbocycles. The number of esters is 4. The van der Waals surface area contributed by atoms with Crippen LogP contribution in [0.15, 0.2) is 110 Å². The topological polar surface area (TPSA) is 138 Å². The molecule has 0 bridgehead atoms. The van der Waals surface area contributed by atoms with Crippen molar-refractivity contribution in [2.24, 2.45) is 0 Å². The Bertz CT molecular complexity index is 1720. The Kier molecular flexibility index (Phi) is 11.8. The number of nitriles is 1. The van der Waals surface area contributed by atoms with E-state index < -0.39 is 23.9 Å². The number of hydrogen-bond acceptors (Lipinski definition) is 10. The second kappa shape index (κ2) is 16.6. The largest absolute Gasteiger partial charge is 0.494 e. The fourth-order valence-corrected chi connectivity index (χ4v) is 3.94. The fourth-order valence-electron chi connectivity index (χ4n) is 3.94. The van der Waals surface area contributed by atoms with E-state index in [4.69, 9.17) is 28.9 Å². The molecule has 0 aliphatic rings. The second-order valence-electron chi connectivity index (χ2n) is 9.64. The highest BCUT2D eigenvalue weighted by atomic mass is 16.6. The zero-order valence-corrected chi connectivity index (χ0v) is 24.7. The second-order valence-corrected chi connectivity index (χ2v) is 9.64. The number of benzene rings is 4. The summed E-state index contributed by atoms with van der Waals surface area (Å²) in [4.78, 5) is 49.9. The number of ether oxygens (including phenoxy) is 5. The molecule has 10 heteroatoms. The lowest BCUT2D eigenvalue weighted by molar-refractivity contribution is -0.137. The lowest BCUT2D eigenvalue weighted by Gasteiger charge is -2.13. The molecule has 0 fully saturated rings. The quantitative estimate of drug-likeness (QED) is 0.0690. The van der Waals surface area contributed by atoms with Crippen molar-refractivity contribution in [2.45, 2.75) is 19.4 Å². The molecular weight excluding hydrogens is 590 g/mol. The van der Waals surface area contributed by atoms with E-state index in [2.05, 4.69) is 6.58 Å². The van der Waals surface area contributed by atoms with Crippen LogP contribution in [0.3, 0.4) is 0 Å². The Morgan fingerprint density at radius 1 is 0.696 bits per heavy atom. The first-order valence-corrected chi connectivity index (χ1v) is 14.2. The van der Waals surface area contributed by atoms with Crippen molar-refractivity contribution in [2.75, 3.05) is 13.2 Å². The molecule has 0 radical (unpaired) electrons. The Morgan fingerprint density at radius 3 is 2.00 bits per heavy atom. The number of unbranched alkanes of at least 4 members (excludes halogenated alkanes) is 1. The van der Waals surface area contributed by atoms with Crippen molar-refractivity contribution in [1.29, 1.82) is 5.26 Å². The normalized spacial score (nSPS) is 10.2. The molecule has 0 heterocycles. The van der Waals surface area contributed by atoms with Gasteiger partial charge >= 0.3 is 23.9 Å². The van der Waals surface area contributed by atoms with Crippen LogP contribution in [0, 0.1) is 11.3 Å². The average molecular weight is 620 g/mol. The van der Waals surface area contributed by atoms with Gasteiger partial charge in [-0.25, -0.2) is 19.2 Å². The molecule has 0 amide bonds. The SMILES string of the molecule is C=CC(=O)OCCCCOc1ccc(C(=O)Oc2ccc(OC(=O)c3ccc(C#N)cc3)c(C(=O)OCc3ccccc3)c2)cc1. The summed E-state index contributed by atoms with van der Waals surface area (Å²) in [6.07, 6.45) is 2.39. The summed E-state index contributed by atoms with van der Waals surface area (Å²) in [5, 5.41) is 9.01. The molecule has 0 unspecified atom stereocenters. The minimum Gasteiger partial charge on any atom is -0.494 e. The van der Waals surface area contributed by atoms with Gasteiger partial charge < -0.3 is 23.7 Å². The average Bonchev–Trinajstić information content (AvgIpc) is 3.09. The van der Waals surface area contributed by atoms with Gasteiger partial charge in [-0.15, -0.1) is 0 Å². The Balaban J connectivity index is 1.42. The first kappa shape index (κ1) is 32.7. The standard InChI is InChI=1S/C36H29NO9/c1-2-33(38)43-21-7-6-20-42-29-16-14-28(15-17-29)34(39)45-30-18-19-32(46-35(40)27-12-10-25(23-37)11-13-27)31(22-30)36(41)44-24-26-8-4-3-5-9-26/h2-5,8-19,22H,1,6-7,20-21,24H2. The highest BCUT2D eigenvalue weighted by molar-refractivity contribution is 5.97. The van der Waals surface area contributed by atoms with Crippen LogP contribution in [-0.2, 0) is 20.9 Å². The van der Waals surface area contributed by atoms with Gasteiger partial charge in [-0.1, -0.05) is 36.9 Å². The van der Waals surface area contributed by atoms with Crippen molar-refractivity contribution < 1.29 is 42.9 Å². The van der Waals surface area contributed by atoms with E-state index in [1.54, 1.807) is 36.4 Å². The monoisotopic (exact) mass is 619 g/mol. The van der Waals surface area contributed by atoms with Gasteiger partial charge in [0, 0.05) is 6.08 Å². The summed E-state index contributed by atoms with van der Waals surface area (Å²) in [6.45, 7) is 3.96. The smallest absolute Gasteiger partial charge is 0.343 e. The summed E-state index contributed by atoms with van der Waals surface area (Å²) < 4.78 is 27.0. The van der Waals surface area contributed by atoms with Crippen LogP contribution in [0.2, 0.25) is 0 Å². The number of hydrogen-bond donors (Lipinski definition) is 0. The number of rotatable bonds is 14. The maximum absolute atomic E-state index is 13.1. The summed E-state index contributed by atoms with van der Waals surface area (Å²) in [7, 11) is 0. The molecule has 232 valence electrons. The lowest BCUT2D eigenvalue weighted by Crippen LogP contribution is -2.14. The first-order chi connectivity index (χ1) is 22.4. The maximum atomic E-state index is 13.1. The van der Waals surface area contributed by atoms with Gasteiger partial charge in [0.15, 0.2) is 0 Å². The van der Waals surface area contributed by atoms with Gasteiger partial charge in [-0.3, -0.25) is 0 Å². The third-order valence-electron chi connectivity index (χ3n) is 6.36. The van der Waals surface area contributed by atoms with E-state index in [9.17, 15) is 19.2 Å². The Morgan fingerprint density at radius 2 is 1.33 bits per heavy atom. The van der Waals surface area contributed by atoms with Crippen LogP contribution in [0.25, 0.3) is 0 Å².